The molecular formula is C17H15N5O3. The highest BCUT2D eigenvalue weighted by Gasteiger charge is 2.22. The molecule has 8 nitrogen and oxygen atoms in total. The van der Waals surface area contributed by atoms with Crippen molar-refractivity contribution in [1.29, 1.82) is 0 Å². The Morgan fingerprint density at radius 1 is 1.24 bits per heavy atom. The molecule has 0 saturated heterocycles. The Bertz CT molecular complexity index is 905. The van der Waals surface area contributed by atoms with Crippen LogP contribution in [0.1, 0.15) is 21.5 Å². The van der Waals surface area contributed by atoms with Crippen LogP contribution < -0.4 is 5.32 Å². The zero-order valence-corrected chi connectivity index (χ0v) is 13.4. The summed E-state index contributed by atoms with van der Waals surface area (Å²) in [6.07, 6.45) is 3.08. The number of para-hydroxylation sites is 1. The van der Waals surface area contributed by atoms with Crippen LogP contribution in [0.4, 0.5) is 11.4 Å². The molecule has 3 aromatic rings. The molecule has 25 heavy (non-hydrogen) atoms. The van der Waals surface area contributed by atoms with Crippen LogP contribution in [-0.2, 0) is 6.54 Å². The van der Waals surface area contributed by atoms with Crippen molar-refractivity contribution in [3.63, 3.8) is 0 Å². The number of hydrogen-bond acceptors (Lipinski definition) is 5. The quantitative estimate of drug-likeness (QED) is 0.569. The standard InChI is InChI=1S/C17H15N5O3/c1-12-3-2-4-15(16(12)22(24)25)17(23)20-14-7-5-13(6-8-14)9-21-11-18-10-19-21/h2-8,10-11H,9H2,1H3,(H,20,23). The lowest BCUT2D eigenvalue weighted by Gasteiger charge is -2.08. The number of carbonyl (C=O) groups is 1. The molecule has 1 amide bonds. The fraction of sp³-hybridized carbons (Fsp3) is 0.118. The maximum absolute atomic E-state index is 12.4. The maximum Gasteiger partial charge on any atom is 0.285 e. The Morgan fingerprint density at radius 2 is 2.00 bits per heavy atom. The van der Waals surface area contributed by atoms with E-state index in [9.17, 15) is 14.9 Å². The van der Waals surface area contributed by atoms with Gasteiger partial charge in [-0.15, -0.1) is 0 Å². The zero-order chi connectivity index (χ0) is 17.8. The van der Waals surface area contributed by atoms with Crippen molar-refractivity contribution in [3.05, 3.63) is 81.9 Å². The number of nitrogens with one attached hydrogen (secondary N) is 1. The number of hydrogen-bond donors (Lipinski definition) is 1. The highest BCUT2D eigenvalue weighted by Crippen LogP contribution is 2.24. The third kappa shape index (κ3) is 3.69. The fourth-order valence-corrected chi connectivity index (χ4v) is 2.48. The van der Waals surface area contributed by atoms with Crippen LogP contribution in [0.5, 0.6) is 0 Å². The van der Waals surface area contributed by atoms with Crippen molar-refractivity contribution < 1.29 is 9.72 Å². The molecule has 0 fully saturated rings. The average molecular weight is 337 g/mol. The van der Waals surface area contributed by atoms with Crippen molar-refractivity contribution in [1.82, 2.24) is 14.8 Å². The molecule has 1 N–H and O–H groups in total. The lowest BCUT2D eigenvalue weighted by Crippen LogP contribution is -2.14. The van der Waals surface area contributed by atoms with Gasteiger partial charge in [-0.1, -0.05) is 24.3 Å². The zero-order valence-electron chi connectivity index (χ0n) is 13.4. The second-order valence-electron chi connectivity index (χ2n) is 5.47. The Labute approximate surface area is 143 Å². The number of nitrogens with zero attached hydrogens (tertiary/aromatic N) is 4. The van der Waals surface area contributed by atoms with E-state index in [1.165, 1.54) is 12.4 Å². The minimum atomic E-state index is -0.536. The van der Waals surface area contributed by atoms with Crippen LogP contribution in [0.3, 0.4) is 0 Å². The molecule has 0 bridgehead atoms. The van der Waals surface area contributed by atoms with E-state index in [0.717, 1.165) is 5.56 Å². The summed E-state index contributed by atoms with van der Waals surface area (Å²) in [4.78, 5) is 26.9. The number of amides is 1. The van der Waals surface area contributed by atoms with Gasteiger partial charge in [0.15, 0.2) is 0 Å². The van der Waals surface area contributed by atoms with E-state index in [-0.39, 0.29) is 11.3 Å². The molecule has 0 unspecified atom stereocenters. The molecule has 1 aromatic heterocycles. The summed E-state index contributed by atoms with van der Waals surface area (Å²) in [7, 11) is 0. The molecular weight excluding hydrogens is 322 g/mol. The molecule has 0 saturated carbocycles. The maximum atomic E-state index is 12.4. The molecule has 0 aliphatic heterocycles. The summed E-state index contributed by atoms with van der Waals surface area (Å²) in [5.74, 6) is -0.514. The first-order valence-electron chi connectivity index (χ1n) is 7.51. The monoisotopic (exact) mass is 337 g/mol. The highest BCUT2D eigenvalue weighted by molar-refractivity contribution is 6.07. The number of anilines is 1. The Hall–Kier alpha value is -3.55. The molecule has 2 aromatic carbocycles. The van der Waals surface area contributed by atoms with Crippen LogP contribution in [0.25, 0.3) is 0 Å². The predicted molar refractivity (Wildman–Crippen MR) is 91.4 cm³/mol. The van der Waals surface area contributed by atoms with E-state index < -0.39 is 10.8 Å². The summed E-state index contributed by atoms with van der Waals surface area (Å²) >= 11 is 0. The number of aromatic nitrogens is 3. The normalized spacial score (nSPS) is 10.4. The molecule has 1 heterocycles. The molecule has 0 atom stereocenters. The smallest absolute Gasteiger partial charge is 0.285 e. The van der Waals surface area contributed by atoms with Crippen molar-refractivity contribution in [3.8, 4) is 0 Å². The van der Waals surface area contributed by atoms with Gasteiger partial charge in [0.05, 0.1) is 11.5 Å². The number of nitro benzene ring substituents is 1. The Balaban J connectivity index is 1.75. The highest BCUT2D eigenvalue weighted by atomic mass is 16.6. The summed E-state index contributed by atoms with van der Waals surface area (Å²) < 4.78 is 1.68. The second-order valence-corrected chi connectivity index (χ2v) is 5.47. The lowest BCUT2D eigenvalue weighted by atomic mass is 10.1. The van der Waals surface area contributed by atoms with E-state index in [1.807, 2.05) is 12.1 Å². The molecule has 0 radical (unpaired) electrons. The first kappa shape index (κ1) is 16.3. The van der Waals surface area contributed by atoms with E-state index in [0.29, 0.717) is 17.8 Å². The minimum Gasteiger partial charge on any atom is -0.322 e. The van der Waals surface area contributed by atoms with Crippen LogP contribution in [0.2, 0.25) is 0 Å². The number of aryl methyl sites for hydroxylation is 1. The Morgan fingerprint density at radius 3 is 2.64 bits per heavy atom. The number of nitro groups is 1. The summed E-state index contributed by atoms with van der Waals surface area (Å²) in [5.41, 5.74) is 1.86. The summed E-state index contributed by atoms with van der Waals surface area (Å²) in [6.45, 7) is 2.17. The molecule has 0 aliphatic carbocycles. The van der Waals surface area contributed by atoms with Crippen molar-refractivity contribution in [2.24, 2.45) is 0 Å². The van der Waals surface area contributed by atoms with Gasteiger partial charge in [0.2, 0.25) is 0 Å². The molecule has 0 spiro atoms. The third-order valence-electron chi connectivity index (χ3n) is 3.69. The van der Waals surface area contributed by atoms with Gasteiger partial charge < -0.3 is 5.32 Å². The van der Waals surface area contributed by atoms with Crippen LogP contribution >= 0.6 is 0 Å². The number of rotatable bonds is 5. The van der Waals surface area contributed by atoms with E-state index >= 15 is 0 Å². The van der Waals surface area contributed by atoms with Gasteiger partial charge in [-0.05, 0) is 30.7 Å². The molecule has 126 valence electrons. The van der Waals surface area contributed by atoms with Gasteiger partial charge in [-0.3, -0.25) is 14.9 Å². The van der Waals surface area contributed by atoms with Crippen molar-refractivity contribution >= 4 is 17.3 Å². The first-order valence-corrected chi connectivity index (χ1v) is 7.51. The third-order valence-corrected chi connectivity index (χ3v) is 3.69. The van der Waals surface area contributed by atoms with Gasteiger partial charge in [-0.2, -0.15) is 5.10 Å². The summed E-state index contributed by atoms with van der Waals surface area (Å²) in [6, 6.07) is 11.9. The number of benzene rings is 2. The SMILES string of the molecule is Cc1cccc(C(=O)Nc2ccc(Cn3cncn3)cc2)c1[N+](=O)[O-]. The average Bonchev–Trinajstić information content (AvgIpc) is 3.09. The topological polar surface area (TPSA) is 103 Å². The van der Waals surface area contributed by atoms with Gasteiger partial charge in [0, 0.05) is 11.3 Å². The van der Waals surface area contributed by atoms with Crippen LogP contribution in [0, 0.1) is 17.0 Å². The first-order chi connectivity index (χ1) is 12.0. The Kier molecular flexibility index (Phi) is 4.51. The van der Waals surface area contributed by atoms with Gasteiger partial charge >= 0.3 is 0 Å². The summed E-state index contributed by atoms with van der Waals surface area (Å²) in [5, 5.41) is 17.9. The van der Waals surface area contributed by atoms with Crippen molar-refractivity contribution in [2.45, 2.75) is 13.5 Å². The molecule has 8 heteroatoms. The van der Waals surface area contributed by atoms with E-state index in [2.05, 4.69) is 15.4 Å². The van der Waals surface area contributed by atoms with Gasteiger partial charge in [0.1, 0.15) is 18.2 Å². The van der Waals surface area contributed by atoms with Gasteiger partial charge in [-0.25, -0.2) is 9.67 Å². The van der Waals surface area contributed by atoms with Crippen LogP contribution in [-0.4, -0.2) is 25.6 Å². The molecule has 3 rings (SSSR count). The minimum absolute atomic E-state index is 0.0386. The molecule has 0 aliphatic rings. The predicted octanol–water partition coefficient (Wildman–Crippen LogP) is 2.80. The number of carbonyl (C=O) groups excluding carboxylic acids is 1. The van der Waals surface area contributed by atoms with Gasteiger partial charge in [0.25, 0.3) is 11.6 Å². The largest absolute Gasteiger partial charge is 0.322 e. The van der Waals surface area contributed by atoms with E-state index in [4.69, 9.17) is 0 Å². The van der Waals surface area contributed by atoms with Crippen LogP contribution in [0.15, 0.2) is 55.1 Å². The lowest BCUT2D eigenvalue weighted by molar-refractivity contribution is -0.385. The van der Waals surface area contributed by atoms with Crippen molar-refractivity contribution in [2.75, 3.05) is 5.32 Å². The fourth-order valence-electron chi connectivity index (χ4n) is 2.48. The second kappa shape index (κ2) is 6.91. The van der Waals surface area contributed by atoms with E-state index in [1.54, 1.807) is 42.2 Å².